The lowest BCUT2D eigenvalue weighted by atomic mass is 10.1. The number of para-hydroxylation sites is 1. The Balaban J connectivity index is 2.06. The van der Waals surface area contributed by atoms with Gasteiger partial charge in [-0.05, 0) is 49.2 Å². The maximum atomic E-state index is 11.9. The number of ether oxygens (including phenoxy) is 1. The predicted octanol–water partition coefficient (Wildman–Crippen LogP) is 0.846. The largest absolute Gasteiger partial charge is 0.545 e. The summed E-state index contributed by atoms with van der Waals surface area (Å²) in [5, 5.41) is 17.1. The molecule has 0 aromatic heterocycles. The van der Waals surface area contributed by atoms with Gasteiger partial charge in [-0.1, -0.05) is 18.2 Å². The molecule has 27 heavy (non-hydrogen) atoms. The van der Waals surface area contributed by atoms with E-state index in [-0.39, 0.29) is 5.56 Å². The Bertz CT molecular complexity index is 893. The van der Waals surface area contributed by atoms with E-state index in [9.17, 15) is 19.5 Å². The summed E-state index contributed by atoms with van der Waals surface area (Å²) in [7, 11) is 0. The quantitative estimate of drug-likeness (QED) is 0.445. The fourth-order valence-electron chi connectivity index (χ4n) is 2.17. The Kier molecular flexibility index (Phi) is 6.65. The molecular weight excluding hydrogens is 350 g/mol. The molecule has 0 saturated heterocycles. The zero-order valence-corrected chi connectivity index (χ0v) is 14.8. The summed E-state index contributed by atoms with van der Waals surface area (Å²) in [5.74, 6) is -2.82. The van der Waals surface area contributed by atoms with E-state index in [2.05, 4.69) is 15.8 Å². The number of anilines is 1. The average Bonchev–Trinajstić information content (AvgIpc) is 2.64. The normalized spacial score (nSPS) is 10.4. The molecule has 0 unspecified atom stereocenters. The monoisotopic (exact) mass is 368 g/mol. The van der Waals surface area contributed by atoms with Crippen molar-refractivity contribution in [3.05, 3.63) is 59.2 Å². The second kappa shape index (κ2) is 9.14. The van der Waals surface area contributed by atoms with E-state index in [1.165, 1.54) is 24.4 Å². The molecule has 8 nitrogen and oxygen atoms in total. The van der Waals surface area contributed by atoms with E-state index in [4.69, 9.17) is 4.74 Å². The number of nitrogens with one attached hydrogen (secondary N) is 2. The minimum absolute atomic E-state index is 0.0662. The minimum Gasteiger partial charge on any atom is -0.545 e. The van der Waals surface area contributed by atoms with Crippen molar-refractivity contribution in [3.63, 3.8) is 0 Å². The summed E-state index contributed by atoms with van der Waals surface area (Å²) in [6, 6.07) is 11.1. The summed E-state index contributed by atoms with van der Waals surface area (Å²) in [6.07, 6.45) is 1.19. The van der Waals surface area contributed by atoms with Gasteiger partial charge in [0.05, 0.1) is 18.8 Å². The second-order valence-corrected chi connectivity index (χ2v) is 5.44. The molecule has 0 saturated carbocycles. The number of rotatable bonds is 6. The van der Waals surface area contributed by atoms with Crippen LogP contribution in [0.1, 0.15) is 28.4 Å². The first kappa shape index (κ1) is 19.6. The lowest BCUT2D eigenvalue weighted by Gasteiger charge is -2.10. The molecule has 0 spiro atoms. The van der Waals surface area contributed by atoms with E-state index in [1.54, 1.807) is 32.0 Å². The molecule has 0 radical (unpaired) electrons. The van der Waals surface area contributed by atoms with Gasteiger partial charge in [0.2, 0.25) is 0 Å². The van der Waals surface area contributed by atoms with Crippen molar-refractivity contribution in [2.75, 3.05) is 11.9 Å². The molecule has 2 aromatic carbocycles. The maximum Gasteiger partial charge on any atom is 0.329 e. The summed E-state index contributed by atoms with van der Waals surface area (Å²) >= 11 is 0. The van der Waals surface area contributed by atoms with Crippen molar-refractivity contribution in [3.8, 4) is 5.75 Å². The third kappa shape index (κ3) is 5.40. The SMILES string of the molecule is CCOc1ccc(C(=O)[O-])cc1/C=N\NC(=O)C(=O)Nc1ccccc1C. The highest BCUT2D eigenvalue weighted by Crippen LogP contribution is 2.18. The third-order valence-corrected chi connectivity index (χ3v) is 3.51. The number of hydrogen-bond acceptors (Lipinski definition) is 6. The number of carbonyl (C=O) groups is 3. The van der Waals surface area contributed by atoms with Gasteiger partial charge in [0.1, 0.15) is 5.75 Å². The zero-order chi connectivity index (χ0) is 19.8. The molecule has 2 rings (SSSR count). The molecular formula is C19H18N3O5-. The Morgan fingerprint density at radius 3 is 2.56 bits per heavy atom. The summed E-state index contributed by atoms with van der Waals surface area (Å²) in [6.45, 7) is 3.92. The van der Waals surface area contributed by atoms with Crippen LogP contribution >= 0.6 is 0 Å². The van der Waals surface area contributed by atoms with Gasteiger partial charge in [0.25, 0.3) is 0 Å². The van der Waals surface area contributed by atoms with Gasteiger partial charge >= 0.3 is 11.8 Å². The van der Waals surface area contributed by atoms with E-state index in [1.807, 2.05) is 6.07 Å². The van der Waals surface area contributed by atoms with E-state index in [0.29, 0.717) is 23.6 Å². The Labute approximate surface area is 155 Å². The van der Waals surface area contributed by atoms with E-state index < -0.39 is 17.8 Å². The van der Waals surface area contributed by atoms with Crippen LogP contribution in [0.5, 0.6) is 5.75 Å². The van der Waals surface area contributed by atoms with Gasteiger partial charge in [0.15, 0.2) is 0 Å². The lowest BCUT2D eigenvalue weighted by Crippen LogP contribution is -2.32. The molecule has 0 heterocycles. The predicted molar refractivity (Wildman–Crippen MR) is 97.5 cm³/mol. The minimum atomic E-state index is -1.35. The summed E-state index contributed by atoms with van der Waals surface area (Å²) < 4.78 is 5.37. The summed E-state index contributed by atoms with van der Waals surface area (Å²) in [4.78, 5) is 34.8. The summed E-state index contributed by atoms with van der Waals surface area (Å²) in [5.41, 5.74) is 3.66. The number of amides is 2. The molecule has 0 bridgehead atoms. The van der Waals surface area contributed by atoms with Gasteiger partial charge in [-0.15, -0.1) is 0 Å². The van der Waals surface area contributed by atoms with E-state index in [0.717, 1.165) is 5.56 Å². The first-order valence-electron chi connectivity index (χ1n) is 8.10. The van der Waals surface area contributed by atoms with Crippen molar-refractivity contribution in [2.45, 2.75) is 13.8 Å². The van der Waals surface area contributed by atoms with Crippen molar-refractivity contribution in [1.82, 2.24) is 5.43 Å². The van der Waals surface area contributed by atoms with Gasteiger partial charge in [-0.3, -0.25) is 9.59 Å². The Morgan fingerprint density at radius 1 is 1.15 bits per heavy atom. The average molecular weight is 368 g/mol. The smallest absolute Gasteiger partial charge is 0.329 e. The first-order valence-corrected chi connectivity index (χ1v) is 8.10. The molecule has 2 N–H and O–H groups in total. The number of aromatic carboxylic acids is 1. The number of hydrazone groups is 1. The Morgan fingerprint density at radius 2 is 1.89 bits per heavy atom. The number of carbonyl (C=O) groups excluding carboxylic acids is 3. The van der Waals surface area contributed by atoms with Crippen LogP contribution in [0.2, 0.25) is 0 Å². The van der Waals surface area contributed by atoms with Crippen molar-refractivity contribution in [1.29, 1.82) is 0 Å². The number of carboxylic acid groups (broad SMARTS) is 1. The first-order chi connectivity index (χ1) is 12.9. The maximum absolute atomic E-state index is 11.9. The van der Waals surface area contributed by atoms with Crippen LogP contribution < -0.4 is 20.6 Å². The van der Waals surface area contributed by atoms with Crippen LogP contribution in [0.15, 0.2) is 47.6 Å². The highest BCUT2D eigenvalue weighted by Gasteiger charge is 2.13. The highest BCUT2D eigenvalue weighted by atomic mass is 16.5. The molecule has 2 amide bonds. The van der Waals surface area contributed by atoms with Crippen LogP contribution in [0.3, 0.4) is 0 Å². The van der Waals surface area contributed by atoms with Gasteiger partial charge in [0, 0.05) is 11.3 Å². The third-order valence-electron chi connectivity index (χ3n) is 3.51. The van der Waals surface area contributed by atoms with Gasteiger partial charge in [-0.2, -0.15) is 5.10 Å². The number of aryl methyl sites for hydroxylation is 1. The van der Waals surface area contributed by atoms with Crippen LogP contribution in [0.4, 0.5) is 5.69 Å². The molecule has 8 heteroatoms. The topological polar surface area (TPSA) is 120 Å². The fraction of sp³-hybridized carbons (Fsp3) is 0.158. The van der Waals surface area contributed by atoms with Crippen LogP contribution in [0, 0.1) is 6.92 Å². The van der Waals surface area contributed by atoms with Gasteiger partial charge < -0.3 is 20.0 Å². The zero-order valence-electron chi connectivity index (χ0n) is 14.8. The second-order valence-electron chi connectivity index (χ2n) is 5.44. The lowest BCUT2D eigenvalue weighted by molar-refractivity contribution is -0.255. The molecule has 140 valence electrons. The molecule has 2 aromatic rings. The Hall–Kier alpha value is -3.68. The molecule has 0 fully saturated rings. The standard InChI is InChI=1S/C19H19N3O5/c1-3-27-16-9-8-13(19(25)26)10-14(16)11-20-22-18(24)17(23)21-15-7-5-4-6-12(15)2/h4-11H,3H2,1-2H3,(H,21,23)(H,22,24)(H,25,26)/p-1/b20-11-. The van der Waals surface area contributed by atoms with Crippen molar-refractivity contribution < 1.29 is 24.2 Å². The molecule has 0 aliphatic heterocycles. The van der Waals surface area contributed by atoms with Crippen LogP contribution in [0.25, 0.3) is 0 Å². The molecule has 0 aliphatic carbocycles. The molecule has 0 aliphatic rings. The van der Waals surface area contributed by atoms with Crippen molar-refractivity contribution >= 4 is 29.7 Å². The number of carboxylic acids is 1. The van der Waals surface area contributed by atoms with Crippen molar-refractivity contribution in [2.24, 2.45) is 5.10 Å². The number of nitrogens with zero attached hydrogens (tertiary/aromatic N) is 1. The molecule has 0 atom stereocenters. The number of hydrogen-bond donors (Lipinski definition) is 2. The van der Waals surface area contributed by atoms with Gasteiger partial charge in [-0.25, -0.2) is 5.43 Å². The fourth-order valence-corrected chi connectivity index (χ4v) is 2.17. The van der Waals surface area contributed by atoms with Crippen LogP contribution in [-0.2, 0) is 9.59 Å². The van der Waals surface area contributed by atoms with Crippen LogP contribution in [-0.4, -0.2) is 30.6 Å². The number of benzene rings is 2. The highest BCUT2D eigenvalue weighted by molar-refractivity contribution is 6.39. The van der Waals surface area contributed by atoms with E-state index >= 15 is 0 Å².